The van der Waals surface area contributed by atoms with E-state index in [0.29, 0.717) is 29.0 Å². The average Bonchev–Trinajstić information content (AvgIpc) is 3.76. The third kappa shape index (κ3) is 10.4. The van der Waals surface area contributed by atoms with Crippen LogP contribution in [-0.4, -0.2) is 56.4 Å². The number of nitrogens with one attached hydrogen (secondary N) is 1. The number of benzene rings is 2. The van der Waals surface area contributed by atoms with Crippen molar-refractivity contribution in [3.8, 4) is 11.1 Å². The molecule has 0 radical (unpaired) electrons. The van der Waals surface area contributed by atoms with Crippen molar-refractivity contribution in [2.75, 3.05) is 11.9 Å². The fraction of sp³-hybridized carbons (Fsp3) is 0.344. The SMILES string of the molecule is CCOC(=O)Cc1csc(NC(=O)C(CC2CCCC2)c2ccc(-c3ccccc3)cc2)n1.O=C(O)Cc1csc([AsH2])n1. The van der Waals surface area contributed by atoms with Gasteiger partial charge in [0.1, 0.15) is 0 Å². The van der Waals surface area contributed by atoms with Crippen molar-refractivity contribution < 1.29 is 24.2 Å². The first kappa shape index (κ1) is 32.6. The zero-order valence-electron chi connectivity index (χ0n) is 24.0. The third-order valence-corrected chi connectivity index (χ3v) is 9.75. The first-order valence-corrected chi connectivity index (χ1v) is 17.3. The predicted molar refractivity (Wildman–Crippen MR) is 174 cm³/mol. The summed E-state index contributed by atoms with van der Waals surface area (Å²) >= 11 is 4.27. The molecule has 1 fully saturated rings. The van der Waals surface area contributed by atoms with Crippen molar-refractivity contribution in [3.63, 3.8) is 0 Å². The molecule has 1 aliphatic rings. The Balaban J connectivity index is 0.000000359. The number of aromatic nitrogens is 2. The van der Waals surface area contributed by atoms with Crippen LogP contribution in [0.25, 0.3) is 11.1 Å². The number of hydrogen-bond acceptors (Lipinski definition) is 8. The summed E-state index contributed by atoms with van der Waals surface area (Å²) in [4.78, 5) is 43.7. The van der Waals surface area contributed by atoms with E-state index < -0.39 is 5.97 Å². The summed E-state index contributed by atoms with van der Waals surface area (Å²) in [5, 5.41) is 15.5. The third-order valence-electron chi connectivity index (χ3n) is 7.09. The molecular weight excluding hydrogens is 645 g/mol. The Labute approximate surface area is 268 Å². The van der Waals surface area contributed by atoms with E-state index in [2.05, 4.69) is 51.7 Å². The van der Waals surface area contributed by atoms with Crippen molar-refractivity contribution in [1.82, 2.24) is 9.97 Å². The number of rotatable bonds is 11. The quantitative estimate of drug-likeness (QED) is 0.164. The number of carbonyl (C=O) groups is 3. The van der Waals surface area contributed by atoms with Crippen molar-refractivity contribution in [2.45, 2.75) is 57.8 Å². The van der Waals surface area contributed by atoms with Gasteiger partial charge in [0, 0.05) is 5.38 Å². The fourth-order valence-electron chi connectivity index (χ4n) is 5.07. The van der Waals surface area contributed by atoms with Crippen molar-refractivity contribution in [2.24, 2.45) is 5.92 Å². The monoisotopic (exact) mass is 681 g/mol. The molecule has 4 aromatic rings. The van der Waals surface area contributed by atoms with Crippen LogP contribution in [0.5, 0.6) is 0 Å². The Bertz CT molecular complexity index is 1480. The van der Waals surface area contributed by atoms with Gasteiger partial charge in [-0.05, 0) is 36.0 Å². The van der Waals surface area contributed by atoms with Gasteiger partial charge in [0.05, 0.1) is 24.6 Å². The van der Waals surface area contributed by atoms with Crippen molar-refractivity contribution >= 4 is 66.3 Å². The molecule has 1 amide bonds. The molecule has 0 spiro atoms. The summed E-state index contributed by atoms with van der Waals surface area (Å²) in [5.74, 6) is -0.817. The molecule has 2 N–H and O–H groups in total. The summed E-state index contributed by atoms with van der Waals surface area (Å²) in [6, 6.07) is 18.6. The minimum atomic E-state index is -0.821. The molecule has 0 saturated heterocycles. The Morgan fingerprint density at radius 2 is 1.60 bits per heavy atom. The van der Waals surface area contributed by atoms with Crippen LogP contribution in [-0.2, 0) is 32.0 Å². The molecule has 2 aromatic heterocycles. The fourth-order valence-corrected chi connectivity index (χ4v) is 7.12. The van der Waals surface area contributed by atoms with Gasteiger partial charge in [0.2, 0.25) is 5.91 Å². The van der Waals surface area contributed by atoms with Gasteiger partial charge in [-0.1, -0.05) is 80.3 Å². The van der Waals surface area contributed by atoms with E-state index in [1.165, 1.54) is 65.2 Å². The molecule has 2 heterocycles. The molecule has 5 rings (SSSR count). The number of carboxylic acids is 1. The van der Waals surface area contributed by atoms with Crippen LogP contribution in [0.15, 0.2) is 65.4 Å². The number of esters is 1. The molecule has 0 aliphatic heterocycles. The van der Waals surface area contributed by atoms with Crippen LogP contribution in [0.1, 0.15) is 61.9 Å². The standard InChI is InChI=1S/C27H30N2O3S.C5H6AsNO2S/c1-2-32-25(30)17-23-18-33-27(28-23)29-26(31)24(16-19-8-6-7-9-19)22-14-12-21(13-15-22)20-10-4-3-5-11-20;6-5-7-3(2-10-5)1-4(8)9/h3-5,10-15,18-19,24H,2,6-9,16-17H2,1H3,(H,28,29,31);2H,1,6H2,(H,8,9). The number of thiazole rings is 2. The zero-order valence-corrected chi connectivity index (χ0v) is 28.1. The molecule has 2 atom stereocenters. The number of ether oxygens (including phenoxy) is 1. The van der Waals surface area contributed by atoms with Crippen molar-refractivity contribution in [1.29, 1.82) is 0 Å². The van der Waals surface area contributed by atoms with Gasteiger partial charge >= 0.3 is 76.3 Å². The number of hydrogen-bond donors (Lipinski definition) is 2. The topological polar surface area (TPSA) is 118 Å². The number of carboxylic acid groups (broad SMARTS) is 1. The molecular formula is C32H36AsN3O5S2. The van der Waals surface area contributed by atoms with Crippen LogP contribution in [0, 0.1) is 5.92 Å². The number of nitrogens with zero attached hydrogens (tertiary/aromatic N) is 2. The molecule has 43 heavy (non-hydrogen) atoms. The van der Waals surface area contributed by atoms with Crippen LogP contribution < -0.4 is 9.11 Å². The zero-order chi connectivity index (χ0) is 30.6. The van der Waals surface area contributed by atoms with E-state index in [-0.39, 0.29) is 30.6 Å². The Morgan fingerprint density at radius 1 is 0.953 bits per heavy atom. The van der Waals surface area contributed by atoms with Crippen LogP contribution in [0.3, 0.4) is 0 Å². The van der Waals surface area contributed by atoms with E-state index in [1.807, 2.05) is 18.2 Å². The molecule has 0 bridgehead atoms. The van der Waals surface area contributed by atoms with E-state index >= 15 is 0 Å². The van der Waals surface area contributed by atoms with Crippen molar-refractivity contribution in [3.05, 3.63) is 82.3 Å². The molecule has 2 aromatic carbocycles. The molecule has 226 valence electrons. The number of amides is 1. The second-order valence-corrected chi connectivity index (χ2v) is 14.1. The Hall–Kier alpha value is -3.33. The molecule has 8 nitrogen and oxygen atoms in total. The van der Waals surface area contributed by atoms with Gasteiger partial charge < -0.3 is 10.1 Å². The molecule has 1 aliphatic carbocycles. The number of aliphatic carboxylic acids is 1. The summed E-state index contributed by atoms with van der Waals surface area (Å²) in [7, 11) is 0. The maximum absolute atomic E-state index is 13.4. The van der Waals surface area contributed by atoms with Gasteiger partial charge in [-0.15, -0.1) is 11.3 Å². The maximum atomic E-state index is 13.4. The number of carbonyl (C=O) groups excluding carboxylic acids is 2. The summed E-state index contributed by atoms with van der Waals surface area (Å²) in [6.45, 7) is 2.12. The molecule has 2 unspecified atom stereocenters. The van der Waals surface area contributed by atoms with E-state index in [1.54, 1.807) is 17.7 Å². The summed E-state index contributed by atoms with van der Waals surface area (Å²) in [6.07, 6.45) is 5.87. The molecule has 1 saturated carbocycles. The second kappa shape index (κ2) is 16.5. The summed E-state index contributed by atoms with van der Waals surface area (Å²) in [5.41, 5.74) is 4.62. The first-order valence-electron chi connectivity index (χ1n) is 14.3. The first-order chi connectivity index (χ1) is 20.8. The Morgan fingerprint density at radius 3 is 2.23 bits per heavy atom. The van der Waals surface area contributed by atoms with Crippen LogP contribution in [0.4, 0.5) is 5.13 Å². The minimum absolute atomic E-state index is 0.0357. The second-order valence-electron chi connectivity index (χ2n) is 10.3. The normalized spacial score (nSPS) is 13.5. The Kier molecular flexibility index (Phi) is 12.5. The predicted octanol–water partition coefficient (Wildman–Crippen LogP) is 5.25. The van der Waals surface area contributed by atoms with E-state index in [9.17, 15) is 14.4 Å². The van der Waals surface area contributed by atoms with Gasteiger partial charge in [-0.2, -0.15) is 0 Å². The van der Waals surface area contributed by atoms with Crippen LogP contribution in [0.2, 0.25) is 0 Å². The number of anilines is 1. The van der Waals surface area contributed by atoms with Gasteiger partial charge in [-0.3, -0.25) is 9.59 Å². The average molecular weight is 682 g/mol. The van der Waals surface area contributed by atoms with E-state index in [4.69, 9.17) is 9.84 Å². The van der Waals surface area contributed by atoms with E-state index in [0.717, 1.165) is 26.9 Å². The van der Waals surface area contributed by atoms with Gasteiger partial charge in [-0.25, -0.2) is 4.98 Å². The summed E-state index contributed by atoms with van der Waals surface area (Å²) < 4.78 is 5.96. The van der Waals surface area contributed by atoms with Gasteiger partial charge in [0.15, 0.2) is 5.13 Å². The molecule has 11 heteroatoms. The van der Waals surface area contributed by atoms with Gasteiger partial charge in [0.25, 0.3) is 0 Å². The van der Waals surface area contributed by atoms with Crippen LogP contribution >= 0.6 is 22.7 Å².